The first-order chi connectivity index (χ1) is 9.12. The maximum absolute atomic E-state index is 6.40. The summed E-state index contributed by atoms with van der Waals surface area (Å²) in [5.41, 5.74) is 2.58. The highest BCUT2D eigenvalue weighted by molar-refractivity contribution is 6.38. The van der Waals surface area contributed by atoms with Crippen LogP contribution in [-0.4, -0.2) is 25.7 Å². The van der Waals surface area contributed by atoms with Gasteiger partial charge in [-0.05, 0) is 19.9 Å². The molecule has 2 aromatic rings. The number of nitrogens with zero attached hydrogens (tertiary/aromatic N) is 1. The van der Waals surface area contributed by atoms with Gasteiger partial charge >= 0.3 is 0 Å². The lowest BCUT2D eigenvalue weighted by Crippen LogP contribution is -2.01. The van der Waals surface area contributed by atoms with E-state index in [1.54, 1.807) is 20.3 Å². The lowest BCUT2D eigenvalue weighted by Gasteiger charge is -2.15. The first-order valence-electron chi connectivity index (χ1n) is 6.08. The van der Waals surface area contributed by atoms with E-state index in [4.69, 9.17) is 21.1 Å². The number of rotatable bonds is 4. The maximum atomic E-state index is 6.40. The maximum Gasteiger partial charge on any atom is 0.148 e. The Morgan fingerprint density at radius 3 is 2.47 bits per heavy atom. The van der Waals surface area contributed by atoms with Crippen LogP contribution >= 0.6 is 11.6 Å². The van der Waals surface area contributed by atoms with Gasteiger partial charge in [-0.3, -0.25) is 0 Å². The molecule has 0 radical (unpaired) electrons. The summed E-state index contributed by atoms with van der Waals surface area (Å²) < 4.78 is 10.7. The first-order valence-corrected chi connectivity index (χ1v) is 6.45. The summed E-state index contributed by atoms with van der Waals surface area (Å²) in [7, 11) is 3.19. The van der Waals surface area contributed by atoms with Crippen LogP contribution < -0.4 is 14.8 Å². The van der Waals surface area contributed by atoms with E-state index in [0.717, 1.165) is 28.8 Å². The van der Waals surface area contributed by atoms with Crippen LogP contribution in [0.5, 0.6) is 11.5 Å². The van der Waals surface area contributed by atoms with Crippen LogP contribution in [-0.2, 0) is 0 Å². The van der Waals surface area contributed by atoms with E-state index in [9.17, 15) is 0 Å². The van der Waals surface area contributed by atoms with E-state index < -0.39 is 0 Å². The Hall–Kier alpha value is -1.68. The SMILES string of the molecule is CCNc1cc(C)nc2c(OC)cc(OC)c(Cl)c12. The molecule has 0 saturated heterocycles. The monoisotopic (exact) mass is 280 g/mol. The number of aromatic nitrogens is 1. The lowest BCUT2D eigenvalue weighted by atomic mass is 10.1. The van der Waals surface area contributed by atoms with Gasteiger partial charge < -0.3 is 14.8 Å². The van der Waals surface area contributed by atoms with Crippen molar-refractivity contribution in [3.8, 4) is 11.5 Å². The smallest absolute Gasteiger partial charge is 0.148 e. The number of nitrogens with one attached hydrogen (secondary N) is 1. The summed E-state index contributed by atoms with van der Waals surface area (Å²) in [6, 6.07) is 3.73. The zero-order valence-corrected chi connectivity index (χ0v) is 12.3. The van der Waals surface area contributed by atoms with E-state index in [1.807, 2.05) is 19.9 Å². The number of fused-ring (bicyclic) bond motifs is 1. The zero-order chi connectivity index (χ0) is 14.0. The molecule has 0 bridgehead atoms. The number of aryl methyl sites for hydroxylation is 1. The Morgan fingerprint density at radius 1 is 1.21 bits per heavy atom. The van der Waals surface area contributed by atoms with Crippen molar-refractivity contribution >= 4 is 28.2 Å². The largest absolute Gasteiger partial charge is 0.495 e. The van der Waals surface area contributed by atoms with Crippen molar-refractivity contribution in [2.24, 2.45) is 0 Å². The van der Waals surface area contributed by atoms with E-state index in [1.165, 1.54) is 0 Å². The van der Waals surface area contributed by atoms with Crippen LogP contribution in [0.15, 0.2) is 12.1 Å². The quantitative estimate of drug-likeness (QED) is 0.928. The van der Waals surface area contributed by atoms with Crippen molar-refractivity contribution in [3.05, 3.63) is 22.8 Å². The van der Waals surface area contributed by atoms with Crippen molar-refractivity contribution < 1.29 is 9.47 Å². The molecule has 0 fully saturated rings. The molecule has 0 aliphatic rings. The fourth-order valence-corrected chi connectivity index (χ4v) is 2.40. The molecule has 102 valence electrons. The number of pyridine rings is 1. The third kappa shape index (κ3) is 2.40. The predicted molar refractivity (Wildman–Crippen MR) is 78.8 cm³/mol. The highest BCUT2D eigenvalue weighted by atomic mass is 35.5. The Morgan fingerprint density at radius 2 is 1.89 bits per heavy atom. The van der Waals surface area contributed by atoms with Gasteiger partial charge in [0.05, 0.1) is 19.2 Å². The molecule has 0 aliphatic carbocycles. The van der Waals surface area contributed by atoms with Gasteiger partial charge in [-0.2, -0.15) is 0 Å². The molecule has 0 aliphatic heterocycles. The van der Waals surface area contributed by atoms with Gasteiger partial charge in [0.25, 0.3) is 0 Å². The topological polar surface area (TPSA) is 43.4 Å². The summed E-state index contributed by atoms with van der Waals surface area (Å²) in [4.78, 5) is 4.52. The van der Waals surface area contributed by atoms with Crippen LogP contribution in [0.3, 0.4) is 0 Å². The summed E-state index contributed by atoms with van der Waals surface area (Å²) in [6.07, 6.45) is 0. The van der Waals surface area contributed by atoms with Crippen molar-refractivity contribution in [2.45, 2.75) is 13.8 Å². The van der Waals surface area contributed by atoms with Gasteiger partial charge in [-0.1, -0.05) is 11.6 Å². The Labute approximate surface area is 117 Å². The molecule has 1 heterocycles. The second kappa shape index (κ2) is 5.53. The standard InChI is InChI=1S/C14H17ClN2O2/c1-5-16-9-6-8(2)17-14-11(19-4)7-10(18-3)13(15)12(9)14/h6-7H,5H2,1-4H3,(H,16,17). The molecule has 5 heteroatoms. The number of ether oxygens (including phenoxy) is 2. The fraction of sp³-hybridized carbons (Fsp3) is 0.357. The van der Waals surface area contributed by atoms with E-state index in [2.05, 4.69) is 10.3 Å². The Kier molecular flexibility index (Phi) is 4.00. The van der Waals surface area contributed by atoms with Crippen LogP contribution in [0.2, 0.25) is 5.02 Å². The lowest BCUT2D eigenvalue weighted by molar-refractivity contribution is 0.397. The molecule has 1 aromatic heterocycles. The highest BCUT2D eigenvalue weighted by Crippen LogP contribution is 2.41. The van der Waals surface area contributed by atoms with Crippen molar-refractivity contribution in [1.82, 2.24) is 4.98 Å². The van der Waals surface area contributed by atoms with Crippen molar-refractivity contribution in [1.29, 1.82) is 0 Å². The Balaban J connectivity index is 2.87. The normalized spacial score (nSPS) is 10.6. The summed E-state index contributed by atoms with van der Waals surface area (Å²) in [5.74, 6) is 1.23. The Bertz CT molecular complexity index is 614. The molecule has 4 nitrogen and oxygen atoms in total. The average molecular weight is 281 g/mol. The molecular weight excluding hydrogens is 264 g/mol. The van der Waals surface area contributed by atoms with Gasteiger partial charge in [0, 0.05) is 29.4 Å². The number of benzene rings is 1. The molecule has 0 amide bonds. The summed E-state index contributed by atoms with van der Waals surface area (Å²) in [5, 5.41) is 4.67. The van der Waals surface area contributed by atoms with Crippen molar-refractivity contribution in [2.75, 3.05) is 26.1 Å². The minimum absolute atomic E-state index is 0.543. The van der Waals surface area contributed by atoms with Gasteiger partial charge in [0.15, 0.2) is 0 Å². The number of hydrogen-bond acceptors (Lipinski definition) is 4. The fourth-order valence-electron chi connectivity index (χ4n) is 2.08. The third-order valence-electron chi connectivity index (χ3n) is 2.89. The molecule has 19 heavy (non-hydrogen) atoms. The summed E-state index contributed by atoms with van der Waals surface area (Å²) >= 11 is 6.40. The zero-order valence-electron chi connectivity index (χ0n) is 11.5. The van der Waals surface area contributed by atoms with E-state index >= 15 is 0 Å². The van der Waals surface area contributed by atoms with Gasteiger partial charge in [0.2, 0.25) is 0 Å². The minimum Gasteiger partial charge on any atom is -0.495 e. The first kappa shape index (κ1) is 13.7. The number of methoxy groups -OCH3 is 2. The predicted octanol–water partition coefficient (Wildman–Crippen LogP) is 3.65. The van der Waals surface area contributed by atoms with Gasteiger partial charge in [-0.15, -0.1) is 0 Å². The second-order valence-corrected chi connectivity index (χ2v) is 4.54. The van der Waals surface area contributed by atoms with Crippen LogP contribution in [0.4, 0.5) is 5.69 Å². The minimum atomic E-state index is 0.543. The van der Waals surface area contributed by atoms with Gasteiger partial charge in [-0.25, -0.2) is 4.98 Å². The number of hydrogen-bond donors (Lipinski definition) is 1. The molecule has 0 saturated carbocycles. The molecule has 0 atom stereocenters. The molecule has 2 rings (SSSR count). The summed E-state index contributed by atoms with van der Waals surface area (Å²) in [6.45, 7) is 4.78. The molecule has 1 N–H and O–H groups in total. The highest BCUT2D eigenvalue weighted by Gasteiger charge is 2.16. The van der Waals surface area contributed by atoms with Crippen LogP contribution in [0.1, 0.15) is 12.6 Å². The average Bonchev–Trinajstić information content (AvgIpc) is 2.39. The van der Waals surface area contributed by atoms with Crippen molar-refractivity contribution in [3.63, 3.8) is 0 Å². The van der Waals surface area contributed by atoms with Crippen LogP contribution in [0, 0.1) is 6.92 Å². The third-order valence-corrected chi connectivity index (χ3v) is 3.26. The van der Waals surface area contributed by atoms with Crippen LogP contribution in [0.25, 0.3) is 10.9 Å². The molecule has 1 aromatic carbocycles. The second-order valence-electron chi connectivity index (χ2n) is 4.16. The van der Waals surface area contributed by atoms with E-state index in [-0.39, 0.29) is 0 Å². The molecular formula is C14H17ClN2O2. The number of anilines is 1. The van der Waals surface area contributed by atoms with E-state index in [0.29, 0.717) is 16.5 Å². The number of halogens is 1. The molecule has 0 unspecified atom stereocenters. The molecule has 0 spiro atoms. The van der Waals surface area contributed by atoms with Gasteiger partial charge in [0.1, 0.15) is 17.0 Å².